The van der Waals surface area contributed by atoms with Gasteiger partial charge in [-0.15, -0.1) is 0 Å². The lowest BCUT2D eigenvalue weighted by Gasteiger charge is -2.27. The summed E-state index contributed by atoms with van der Waals surface area (Å²) in [6.45, 7) is 3.52. The molecule has 0 bridgehead atoms. The van der Waals surface area contributed by atoms with Crippen molar-refractivity contribution in [2.75, 3.05) is 19.9 Å². The SMILES string of the molecule is COc1ccc(S(=O)(=O)CC(C)C(=O)N(C)C(C)c2cccnc2)cc1. The highest BCUT2D eigenvalue weighted by Crippen LogP contribution is 2.22. The fourth-order valence-electron chi connectivity index (χ4n) is 2.66. The molecule has 2 aromatic rings. The van der Waals surface area contributed by atoms with Gasteiger partial charge in [-0.25, -0.2) is 8.42 Å². The number of hydrogen-bond acceptors (Lipinski definition) is 5. The number of carbonyl (C=O) groups excluding carboxylic acids is 1. The number of nitrogens with zero attached hydrogens (tertiary/aromatic N) is 2. The maximum atomic E-state index is 12.7. The minimum absolute atomic E-state index is 0.181. The lowest BCUT2D eigenvalue weighted by molar-refractivity contribution is -0.134. The van der Waals surface area contributed by atoms with Crippen LogP contribution in [0.4, 0.5) is 0 Å². The van der Waals surface area contributed by atoms with Crippen LogP contribution in [0.2, 0.25) is 0 Å². The lowest BCUT2D eigenvalue weighted by atomic mass is 10.1. The summed E-state index contributed by atoms with van der Waals surface area (Å²) in [5.41, 5.74) is 0.897. The van der Waals surface area contributed by atoms with Crippen LogP contribution in [0, 0.1) is 5.92 Å². The number of benzene rings is 1. The molecule has 0 aliphatic rings. The van der Waals surface area contributed by atoms with Gasteiger partial charge in [0.15, 0.2) is 9.84 Å². The summed E-state index contributed by atoms with van der Waals surface area (Å²) in [5.74, 6) is -0.551. The number of ether oxygens (including phenoxy) is 1. The lowest BCUT2D eigenvalue weighted by Crippen LogP contribution is -2.36. The van der Waals surface area contributed by atoms with Crippen molar-refractivity contribution in [3.8, 4) is 5.75 Å². The van der Waals surface area contributed by atoms with Crippen molar-refractivity contribution in [1.29, 1.82) is 0 Å². The minimum Gasteiger partial charge on any atom is -0.497 e. The number of aromatic nitrogens is 1. The summed E-state index contributed by atoms with van der Waals surface area (Å²) in [7, 11) is -0.374. The normalized spacial score (nSPS) is 13.7. The molecule has 0 saturated carbocycles. The quantitative estimate of drug-likeness (QED) is 0.743. The molecule has 1 aromatic carbocycles. The van der Waals surface area contributed by atoms with Gasteiger partial charge in [0.1, 0.15) is 5.75 Å². The predicted molar refractivity (Wildman–Crippen MR) is 99.6 cm³/mol. The topological polar surface area (TPSA) is 76.6 Å². The Morgan fingerprint density at radius 1 is 1.19 bits per heavy atom. The van der Waals surface area contributed by atoms with E-state index in [0.29, 0.717) is 5.75 Å². The molecule has 2 atom stereocenters. The van der Waals surface area contributed by atoms with Crippen LogP contribution in [0.15, 0.2) is 53.7 Å². The van der Waals surface area contributed by atoms with E-state index in [1.807, 2.05) is 19.1 Å². The van der Waals surface area contributed by atoms with E-state index in [9.17, 15) is 13.2 Å². The van der Waals surface area contributed by atoms with Gasteiger partial charge in [0.2, 0.25) is 5.91 Å². The van der Waals surface area contributed by atoms with E-state index in [0.717, 1.165) is 5.56 Å². The molecular weight excluding hydrogens is 352 g/mol. The molecule has 0 fully saturated rings. The van der Waals surface area contributed by atoms with Crippen molar-refractivity contribution in [2.24, 2.45) is 5.92 Å². The Bertz CT molecular complexity index is 836. The van der Waals surface area contributed by atoms with Crippen LogP contribution >= 0.6 is 0 Å². The number of sulfone groups is 1. The maximum absolute atomic E-state index is 12.7. The summed E-state index contributed by atoms with van der Waals surface area (Å²) < 4.78 is 30.2. The maximum Gasteiger partial charge on any atom is 0.226 e. The first kappa shape index (κ1) is 19.9. The Morgan fingerprint density at radius 3 is 2.38 bits per heavy atom. The minimum atomic E-state index is -3.57. The molecule has 1 aromatic heterocycles. The predicted octanol–water partition coefficient (Wildman–Crippen LogP) is 2.72. The number of hydrogen-bond donors (Lipinski definition) is 0. The van der Waals surface area contributed by atoms with Gasteiger partial charge in [-0.2, -0.15) is 0 Å². The van der Waals surface area contributed by atoms with Crippen LogP contribution < -0.4 is 4.74 Å². The number of pyridine rings is 1. The van der Waals surface area contributed by atoms with Crippen molar-refractivity contribution >= 4 is 15.7 Å². The van der Waals surface area contributed by atoms with Crippen molar-refractivity contribution in [3.05, 3.63) is 54.4 Å². The average molecular weight is 376 g/mol. The Balaban J connectivity index is 2.09. The van der Waals surface area contributed by atoms with Gasteiger partial charge >= 0.3 is 0 Å². The smallest absolute Gasteiger partial charge is 0.226 e. The third kappa shape index (κ3) is 4.60. The molecule has 2 rings (SSSR count). The van der Waals surface area contributed by atoms with Crippen LogP contribution in [0.25, 0.3) is 0 Å². The third-order valence-electron chi connectivity index (χ3n) is 4.40. The van der Waals surface area contributed by atoms with Gasteiger partial charge in [0, 0.05) is 25.4 Å². The fraction of sp³-hybridized carbons (Fsp3) is 0.368. The van der Waals surface area contributed by atoms with E-state index < -0.39 is 15.8 Å². The molecule has 6 nitrogen and oxygen atoms in total. The molecule has 0 aliphatic heterocycles. The van der Waals surface area contributed by atoms with Gasteiger partial charge in [-0.1, -0.05) is 13.0 Å². The molecule has 0 aliphatic carbocycles. The number of carbonyl (C=O) groups is 1. The zero-order valence-corrected chi connectivity index (χ0v) is 16.2. The Hall–Kier alpha value is -2.41. The van der Waals surface area contributed by atoms with E-state index in [4.69, 9.17) is 4.74 Å². The van der Waals surface area contributed by atoms with Gasteiger partial charge in [-0.3, -0.25) is 9.78 Å². The van der Waals surface area contributed by atoms with Gasteiger partial charge in [-0.05, 0) is 42.8 Å². The molecule has 0 radical (unpaired) electrons. The van der Waals surface area contributed by atoms with E-state index in [1.54, 1.807) is 43.4 Å². The highest BCUT2D eigenvalue weighted by Gasteiger charge is 2.27. The molecule has 26 heavy (non-hydrogen) atoms. The van der Waals surface area contributed by atoms with E-state index in [-0.39, 0.29) is 22.6 Å². The van der Waals surface area contributed by atoms with Crippen LogP contribution in [0.3, 0.4) is 0 Å². The zero-order valence-electron chi connectivity index (χ0n) is 15.4. The largest absolute Gasteiger partial charge is 0.497 e. The highest BCUT2D eigenvalue weighted by atomic mass is 32.2. The number of rotatable bonds is 7. The first-order chi connectivity index (χ1) is 12.3. The first-order valence-electron chi connectivity index (χ1n) is 8.29. The Morgan fingerprint density at radius 2 is 1.85 bits per heavy atom. The molecule has 0 saturated heterocycles. The van der Waals surface area contributed by atoms with E-state index in [2.05, 4.69) is 4.98 Å². The van der Waals surface area contributed by atoms with Gasteiger partial charge < -0.3 is 9.64 Å². The van der Waals surface area contributed by atoms with Crippen molar-refractivity contribution < 1.29 is 17.9 Å². The summed E-state index contributed by atoms with van der Waals surface area (Å²) in [4.78, 5) is 18.5. The second kappa shape index (κ2) is 8.31. The standard InChI is InChI=1S/C19H24N2O4S/c1-14(13-26(23,24)18-9-7-17(25-4)8-10-18)19(22)21(3)15(2)16-6-5-11-20-12-16/h5-12,14-15H,13H2,1-4H3. The summed E-state index contributed by atoms with van der Waals surface area (Å²) in [6, 6.07) is 9.68. The zero-order chi connectivity index (χ0) is 19.3. The third-order valence-corrected chi connectivity index (χ3v) is 6.33. The molecule has 0 spiro atoms. The van der Waals surface area contributed by atoms with Gasteiger partial charge in [0.25, 0.3) is 0 Å². The summed E-state index contributed by atoms with van der Waals surface area (Å²) in [6.07, 6.45) is 3.37. The molecule has 2 unspecified atom stereocenters. The van der Waals surface area contributed by atoms with E-state index >= 15 is 0 Å². The van der Waals surface area contributed by atoms with E-state index in [1.165, 1.54) is 19.2 Å². The Kier molecular flexibility index (Phi) is 6.37. The number of methoxy groups -OCH3 is 1. The summed E-state index contributed by atoms with van der Waals surface area (Å²) in [5, 5.41) is 0. The van der Waals surface area contributed by atoms with Crippen molar-refractivity contribution in [2.45, 2.75) is 24.8 Å². The monoisotopic (exact) mass is 376 g/mol. The van der Waals surface area contributed by atoms with Crippen LogP contribution in [0.5, 0.6) is 5.75 Å². The molecule has 140 valence electrons. The highest BCUT2D eigenvalue weighted by molar-refractivity contribution is 7.91. The fourth-order valence-corrected chi connectivity index (χ4v) is 4.21. The van der Waals surface area contributed by atoms with Crippen LogP contribution in [-0.4, -0.2) is 44.1 Å². The summed E-state index contributed by atoms with van der Waals surface area (Å²) >= 11 is 0. The van der Waals surface area contributed by atoms with Crippen molar-refractivity contribution in [1.82, 2.24) is 9.88 Å². The molecular formula is C19H24N2O4S. The second-order valence-electron chi connectivity index (χ2n) is 6.27. The molecule has 1 amide bonds. The average Bonchev–Trinajstić information content (AvgIpc) is 2.66. The van der Waals surface area contributed by atoms with Crippen molar-refractivity contribution in [3.63, 3.8) is 0 Å². The molecule has 7 heteroatoms. The van der Waals surface area contributed by atoms with Crippen LogP contribution in [0.1, 0.15) is 25.5 Å². The molecule has 1 heterocycles. The van der Waals surface area contributed by atoms with Crippen LogP contribution in [-0.2, 0) is 14.6 Å². The second-order valence-corrected chi connectivity index (χ2v) is 8.30. The molecule has 0 N–H and O–H groups in total. The van der Waals surface area contributed by atoms with Gasteiger partial charge in [0.05, 0.1) is 23.8 Å². The first-order valence-corrected chi connectivity index (χ1v) is 9.95. The Labute approximate surface area is 154 Å². The number of amides is 1.